The summed E-state index contributed by atoms with van der Waals surface area (Å²) in [7, 11) is 0. The molecular weight excluding hydrogens is 267 g/mol. The highest BCUT2D eigenvalue weighted by Crippen LogP contribution is 2.31. The molecule has 0 aromatic heterocycles. The van der Waals surface area contributed by atoms with Crippen LogP contribution < -0.4 is 5.32 Å². The number of hydrogen-bond acceptors (Lipinski definition) is 2. The van der Waals surface area contributed by atoms with Gasteiger partial charge in [0.25, 0.3) is 0 Å². The van der Waals surface area contributed by atoms with Crippen LogP contribution in [-0.4, -0.2) is 30.1 Å². The van der Waals surface area contributed by atoms with Crippen molar-refractivity contribution in [2.24, 2.45) is 0 Å². The molecule has 1 atom stereocenters. The fourth-order valence-corrected chi connectivity index (χ4v) is 3.11. The van der Waals surface area contributed by atoms with Gasteiger partial charge in [-0.25, -0.2) is 0 Å². The number of piperazine rings is 1. The first-order valence-corrected chi connectivity index (χ1v) is 7.09. The Morgan fingerprint density at radius 2 is 2.06 bits per heavy atom. The van der Waals surface area contributed by atoms with Crippen molar-refractivity contribution in [3.63, 3.8) is 0 Å². The molecule has 1 heterocycles. The van der Waals surface area contributed by atoms with Crippen molar-refractivity contribution >= 4 is 23.2 Å². The molecule has 1 fully saturated rings. The summed E-state index contributed by atoms with van der Waals surface area (Å²) in [5.74, 6) is 0. The van der Waals surface area contributed by atoms with E-state index < -0.39 is 0 Å². The Kier molecular flexibility index (Phi) is 4.22. The first-order chi connectivity index (χ1) is 8.39. The van der Waals surface area contributed by atoms with Crippen molar-refractivity contribution < 1.29 is 0 Å². The summed E-state index contributed by atoms with van der Waals surface area (Å²) in [6.07, 6.45) is 0. The van der Waals surface area contributed by atoms with Gasteiger partial charge in [0.15, 0.2) is 0 Å². The van der Waals surface area contributed by atoms with Crippen molar-refractivity contribution in [2.75, 3.05) is 19.6 Å². The largest absolute Gasteiger partial charge is 0.309 e. The van der Waals surface area contributed by atoms with Gasteiger partial charge in [-0.3, -0.25) is 4.90 Å². The zero-order chi connectivity index (χ0) is 13.3. The SMILES string of the molecule is CC(c1ccc(Cl)cc1Cl)N1CCNC(C)(C)C1. The lowest BCUT2D eigenvalue weighted by molar-refractivity contribution is 0.117. The molecule has 1 aromatic carbocycles. The van der Waals surface area contributed by atoms with E-state index in [1.807, 2.05) is 18.2 Å². The van der Waals surface area contributed by atoms with Crippen LogP contribution >= 0.6 is 23.2 Å². The zero-order valence-corrected chi connectivity index (χ0v) is 12.6. The third kappa shape index (κ3) is 3.18. The van der Waals surface area contributed by atoms with Gasteiger partial charge in [-0.1, -0.05) is 29.3 Å². The Morgan fingerprint density at radius 3 is 2.67 bits per heavy atom. The van der Waals surface area contributed by atoms with Gasteiger partial charge < -0.3 is 5.32 Å². The van der Waals surface area contributed by atoms with Gasteiger partial charge in [0.2, 0.25) is 0 Å². The standard InChI is InChI=1S/C14H20Cl2N2/c1-10(12-5-4-11(15)8-13(12)16)18-7-6-17-14(2,3)9-18/h4-5,8,10,17H,6-7,9H2,1-3H3. The molecule has 0 bridgehead atoms. The van der Waals surface area contributed by atoms with E-state index in [0.717, 1.165) is 30.2 Å². The molecule has 2 rings (SSSR count). The molecule has 0 aliphatic carbocycles. The third-order valence-electron chi connectivity index (χ3n) is 3.56. The monoisotopic (exact) mass is 286 g/mol. The third-order valence-corrected chi connectivity index (χ3v) is 4.12. The Morgan fingerprint density at radius 1 is 1.33 bits per heavy atom. The highest BCUT2D eigenvalue weighted by atomic mass is 35.5. The number of halogens is 2. The Balaban J connectivity index is 2.17. The normalized spacial score (nSPS) is 21.8. The fourth-order valence-electron chi connectivity index (χ4n) is 2.55. The van der Waals surface area contributed by atoms with Gasteiger partial charge in [0.1, 0.15) is 0 Å². The van der Waals surface area contributed by atoms with Gasteiger partial charge in [-0.2, -0.15) is 0 Å². The highest BCUT2D eigenvalue weighted by molar-refractivity contribution is 6.35. The smallest absolute Gasteiger partial charge is 0.0468 e. The van der Waals surface area contributed by atoms with E-state index in [4.69, 9.17) is 23.2 Å². The van der Waals surface area contributed by atoms with Crippen molar-refractivity contribution in [1.82, 2.24) is 10.2 Å². The first-order valence-electron chi connectivity index (χ1n) is 6.33. The van der Waals surface area contributed by atoms with Crippen LogP contribution in [0.25, 0.3) is 0 Å². The minimum atomic E-state index is 0.158. The summed E-state index contributed by atoms with van der Waals surface area (Å²) in [6.45, 7) is 9.75. The van der Waals surface area contributed by atoms with E-state index in [2.05, 4.69) is 31.0 Å². The Hall–Kier alpha value is -0.280. The minimum absolute atomic E-state index is 0.158. The molecule has 1 N–H and O–H groups in total. The molecule has 100 valence electrons. The molecule has 2 nitrogen and oxygen atoms in total. The van der Waals surface area contributed by atoms with Crippen LogP contribution in [0, 0.1) is 0 Å². The van der Waals surface area contributed by atoms with E-state index in [9.17, 15) is 0 Å². The molecular formula is C14H20Cl2N2. The second-order valence-electron chi connectivity index (χ2n) is 5.62. The van der Waals surface area contributed by atoms with Crippen LogP contribution in [0.5, 0.6) is 0 Å². The number of nitrogens with one attached hydrogen (secondary N) is 1. The summed E-state index contributed by atoms with van der Waals surface area (Å²) in [4.78, 5) is 2.46. The molecule has 0 spiro atoms. The van der Waals surface area contributed by atoms with E-state index in [1.54, 1.807) is 0 Å². The van der Waals surface area contributed by atoms with Gasteiger partial charge in [0.05, 0.1) is 0 Å². The van der Waals surface area contributed by atoms with Crippen LogP contribution in [0.15, 0.2) is 18.2 Å². The number of benzene rings is 1. The maximum Gasteiger partial charge on any atom is 0.0468 e. The van der Waals surface area contributed by atoms with Crippen LogP contribution in [0.4, 0.5) is 0 Å². The number of nitrogens with zero attached hydrogens (tertiary/aromatic N) is 1. The van der Waals surface area contributed by atoms with E-state index >= 15 is 0 Å². The summed E-state index contributed by atoms with van der Waals surface area (Å²) >= 11 is 12.2. The second-order valence-corrected chi connectivity index (χ2v) is 6.47. The number of hydrogen-bond donors (Lipinski definition) is 1. The van der Waals surface area contributed by atoms with E-state index in [-0.39, 0.29) is 5.54 Å². The minimum Gasteiger partial charge on any atom is -0.309 e. The van der Waals surface area contributed by atoms with Crippen molar-refractivity contribution in [1.29, 1.82) is 0 Å². The van der Waals surface area contributed by atoms with Gasteiger partial charge in [-0.05, 0) is 38.5 Å². The first kappa shape index (κ1) is 14.1. The summed E-state index contributed by atoms with van der Waals surface area (Å²) in [5, 5.41) is 4.97. The summed E-state index contributed by atoms with van der Waals surface area (Å²) < 4.78 is 0. The summed E-state index contributed by atoms with van der Waals surface area (Å²) in [5.41, 5.74) is 1.31. The topological polar surface area (TPSA) is 15.3 Å². The molecule has 18 heavy (non-hydrogen) atoms. The molecule has 0 radical (unpaired) electrons. The Bertz CT molecular complexity index is 432. The predicted octanol–water partition coefficient (Wildman–Crippen LogP) is 3.74. The van der Waals surface area contributed by atoms with Gasteiger partial charge >= 0.3 is 0 Å². The van der Waals surface area contributed by atoms with Gasteiger partial charge in [-0.15, -0.1) is 0 Å². The fraction of sp³-hybridized carbons (Fsp3) is 0.571. The summed E-state index contributed by atoms with van der Waals surface area (Å²) in [6, 6.07) is 6.08. The molecule has 1 aliphatic rings. The van der Waals surface area contributed by atoms with Crippen LogP contribution in [0.1, 0.15) is 32.4 Å². The Labute approximate surface area is 119 Å². The average Bonchev–Trinajstić information content (AvgIpc) is 2.27. The molecule has 1 saturated heterocycles. The molecule has 4 heteroatoms. The van der Waals surface area contributed by atoms with Crippen LogP contribution in [0.3, 0.4) is 0 Å². The lowest BCUT2D eigenvalue weighted by Crippen LogP contribution is -2.57. The molecule has 0 amide bonds. The quantitative estimate of drug-likeness (QED) is 0.891. The van der Waals surface area contributed by atoms with E-state index in [0.29, 0.717) is 11.1 Å². The van der Waals surface area contributed by atoms with Crippen LogP contribution in [-0.2, 0) is 0 Å². The van der Waals surface area contributed by atoms with Crippen molar-refractivity contribution in [2.45, 2.75) is 32.4 Å². The van der Waals surface area contributed by atoms with Gasteiger partial charge in [0, 0.05) is 41.3 Å². The van der Waals surface area contributed by atoms with E-state index in [1.165, 1.54) is 0 Å². The predicted molar refractivity (Wildman–Crippen MR) is 78.5 cm³/mol. The van der Waals surface area contributed by atoms with Crippen molar-refractivity contribution in [3.8, 4) is 0 Å². The lowest BCUT2D eigenvalue weighted by Gasteiger charge is -2.42. The maximum atomic E-state index is 6.29. The molecule has 0 saturated carbocycles. The molecule has 1 unspecified atom stereocenters. The lowest BCUT2D eigenvalue weighted by atomic mass is 9.98. The molecule has 1 aliphatic heterocycles. The molecule has 1 aromatic rings. The van der Waals surface area contributed by atoms with Crippen molar-refractivity contribution in [3.05, 3.63) is 33.8 Å². The number of rotatable bonds is 2. The second kappa shape index (κ2) is 5.38. The zero-order valence-electron chi connectivity index (χ0n) is 11.1. The van der Waals surface area contributed by atoms with Crippen LogP contribution in [0.2, 0.25) is 10.0 Å². The average molecular weight is 287 g/mol. The highest BCUT2D eigenvalue weighted by Gasteiger charge is 2.29. The maximum absolute atomic E-state index is 6.29.